The number of anilines is 1. The average Bonchev–Trinajstić information content (AvgIpc) is 3.31. The normalized spacial score (nSPS) is 20.6. The lowest BCUT2D eigenvalue weighted by Crippen LogP contribution is -2.45. The topological polar surface area (TPSA) is 76.6 Å². The van der Waals surface area contributed by atoms with Gasteiger partial charge in [-0.15, -0.1) is 0 Å². The van der Waals surface area contributed by atoms with Crippen molar-refractivity contribution in [2.75, 3.05) is 31.2 Å². The highest BCUT2D eigenvalue weighted by atomic mass is 35.5. The number of carbonyl (C=O) groups is 1. The summed E-state index contributed by atoms with van der Waals surface area (Å²) < 4.78 is 11.6. The Bertz CT molecular complexity index is 984. The number of piperidine rings is 1. The van der Waals surface area contributed by atoms with Crippen LogP contribution in [-0.4, -0.2) is 54.0 Å². The molecule has 3 heterocycles. The zero-order valence-electron chi connectivity index (χ0n) is 19.3. The number of nitrogens with one attached hydrogen (secondary N) is 1. The molecule has 1 amide bonds. The zero-order chi connectivity index (χ0) is 23.4. The summed E-state index contributed by atoms with van der Waals surface area (Å²) >= 11 is 7.87. The molecule has 0 bridgehead atoms. The molecule has 2 aliphatic heterocycles. The second-order valence-electron chi connectivity index (χ2n) is 9.22. The van der Waals surface area contributed by atoms with E-state index in [0.717, 1.165) is 50.2 Å². The van der Waals surface area contributed by atoms with E-state index >= 15 is 0 Å². The molecule has 9 heteroatoms. The van der Waals surface area contributed by atoms with E-state index in [-0.39, 0.29) is 5.91 Å². The molecule has 1 aliphatic carbocycles. The first-order valence-electron chi connectivity index (χ1n) is 12.2. The summed E-state index contributed by atoms with van der Waals surface area (Å²) in [5.74, 6) is 1.15. The summed E-state index contributed by atoms with van der Waals surface area (Å²) in [6.07, 6.45) is 7.49. The van der Waals surface area contributed by atoms with E-state index in [9.17, 15) is 4.79 Å². The largest absolute Gasteiger partial charge is 0.356 e. The molecule has 1 aromatic heterocycles. The minimum atomic E-state index is -0.412. The number of thioether (sulfide) groups is 1. The van der Waals surface area contributed by atoms with Gasteiger partial charge in [0.1, 0.15) is 11.0 Å². The van der Waals surface area contributed by atoms with Crippen LogP contribution >= 0.6 is 23.4 Å². The monoisotopic (exact) mass is 502 g/mol. The second-order valence-corrected chi connectivity index (χ2v) is 10.5. The summed E-state index contributed by atoms with van der Waals surface area (Å²) in [6.45, 7) is 2.96. The Morgan fingerprint density at radius 1 is 1.09 bits per heavy atom. The maximum Gasteiger partial charge on any atom is 0.251 e. The van der Waals surface area contributed by atoms with Crippen molar-refractivity contribution in [2.24, 2.45) is 0 Å². The fourth-order valence-corrected chi connectivity index (χ4v) is 5.93. The molecule has 5 rings (SSSR count). The van der Waals surface area contributed by atoms with Gasteiger partial charge in [0.25, 0.3) is 5.91 Å². The van der Waals surface area contributed by atoms with Gasteiger partial charge in [-0.2, -0.15) is 0 Å². The molecule has 1 aromatic carbocycles. The molecule has 0 atom stereocenters. The van der Waals surface area contributed by atoms with Crippen LogP contribution in [0, 0.1) is 0 Å². The summed E-state index contributed by atoms with van der Waals surface area (Å²) in [6, 6.07) is 9.93. The van der Waals surface area contributed by atoms with Crippen LogP contribution in [0.15, 0.2) is 35.5 Å². The molecular formula is C25H31ClN4O3S. The Labute approximate surface area is 210 Å². The highest BCUT2D eigenvalue weighted by Gasteiger charge is 2.40. The number of nitrogens with zero attached hydrogens (tertiary/aromatic N) is 3. The van der Waals surface area contributed by atoms with Crippen LogP contribution in [0.1, 0.15) is 60.9 Å². The van der Waals surface area contributed by atoms with Crippen LogP contribution in [0.2, 0.25) is 5.15 Å². The van der Waals surface area contributed by atoms with Gasteiger partial charge in [0.15, 0.2) is 10.9 Å². The molecule has 1 spiro atoms. The van der Waals surface area contributed by atoms with Gasteiger partial charge in [-0.3, -0.25) is 4.79 Å². The molecule has 3 fully saturated rings. The van der Waals surface area contributed by atoms with Crippen LogP contribution in [-0.2, 0) is 15.2 Å². The third-order valence-corrected chi connectivity index (χ3v) is 7.96. The first-order chi connectivity index (χ1) is 16.6. The van der Waals surface area contributed by atoms with E-state index in [1.165, 1.54) is 19.3 Å². The maximum absolute atomic E-state index is 12.5. The highest BCUT2D eigenvalue weighted by Crippen LogP contribution is 2.34. The van der Waals surface area contributed by atoms with Gasteiger partial charge in [-0.25, -0.2) is 9.97 Å². The van der Waals surface area contributed by atoms with E-state index in [0.29, 0.717) is 40.9 Å². The first-order valence-corrected chi connectivity index (χ1v) is 13.6. The van der Waals surface area contributed by atoms with Crippen molar-refractivity contribution in [1.29, 1.82) is 0 Å². The molecular weight excluding hydrogens is 472 g/mol. The van der Waals surface area contributed by atoms with Crippen molar-refractivity contribution in [1.82, 2.24) is 15.3 Å². The molecule has 0 radical (unpaired) electrons. The van der Waals surface area contributed by atoms with Crippen LogP contribution in [0.5, 0.6) is 0 Å². The summed E-state index contributed by atoms with van der Waals surface area (Å²) in [5.41, 5.74) is 1.82. The van der Waals surface area contributed by atoms with Crippen LogP contribution in [0.25, 0.3) is 0 Å². The predicted molar refractivity (Wildman–Crippen MR) is 133 cm³/mol. The average molecular weight is 503 g/mol. The van der Waals surface area contributed by atoms with Crippen molar-refractivity contribution in [3.05, 3.63) is 46.6 Å². The first kappa shape index (κ1) is 23.9. The molecule has 0 unspecified atom stereocenters. The zero-order valence-corrected chi connectivity index (χ0v) is 20.9. The number of ether oxygens (including phenoxy) is 2. The Balaban J connectivity index is 1.16. The quantitative estimate of drug-likeness (QED) is 0.344. The minimum Gasteiger partial charge on any atom is -0.356 e. The lowest BCUT2D eigenvalue weighted by atomic mass is 9.95. The van der Waals surface area contributed by atoms with E-state index in [2.05, 4.69) is 15.2 Å². The summed E-state index contributed by atoms with van der Waals surface area (Å²) in [4.78, 5) is 23.9. The molecule has 182 valence electrons. The van der Waals surface area contributed by atoms with E-state index in [1.54, 1.807) is 11.8 Å². The van der Waals surface area contributed by atoms with Crippen molar-refractivity contribution in [3.63, 3.8) is 0 Å². The van der Waals surface area contributed by atoms with Crippen molar-refractivity contribution in [3.8, 4) is 0 Å². The third-order valence-electron chi connectivity index (χ3n) is 6.85. The fourth-order valence-electron chi connectivity index (χ4n) is 4.89. The molecule has 2 aromatic rings. The van der Waals surface area contributed by atoms with Gasteiger partial charge in [-0.05, 0) is 30.5 Å². The Hall–Kier alpha value is -1.87. The molecule has 3 aliphatic rings. The number of aromatic nitrogens is 2. The van der Waals surface area contributed by atoms with Gasteiger partial charge in [0, 0.05) is 49.4 Å². The van der Waals surface area contributed by atoms with Gasteiger partial charge in [0.05, 0.1) is 13.2 Å². The smallest absolute Gasteiger partial charge is 0.251 e. The van der Waals surface area contributed by atoms with Gasteiger partial charge in [-0.1, -0.05) is 54.8 Å². The summed E-state index contributed by atoms with van der Waals surface area (Å²) in [5, 5.41) is 4.26. The van der Waals surface area contributed by atoms with Crippen molar-refractivity contribution >= 4 is 35.1 Å². The lowest BCUT2D eigenvalue weighted by molar-refractivity contribution is -0.169. The van der Waals surface area contributed by atoms with Gasteiger partial charge >= 0.3 is 0 Å². The fraction of sp³-hybridized carbons (Fsp3) is 0.560. The number of amides is 1. The second kappa shape index (κ2) is 10.8. The molecule has 34 heavy (non-hydrogen) atoms. The number of hydrogen-bond acceptors (Lipinski definition) is 7. The highest BCUT2D eigenvalue weighted by molar-refractivity contribution is 7.98. The van der Waals surface area contributed by atoms with Crippen LogP contribution < -0.4 is 10.2 Å². The Kier molecular flexibility index (Phi) is 7.58. The molecule has 1 N–H and O–H groups in total. The van der Waals surface area contributed by atoms with Crippen LogP contribution in [0.4, 0.5) is 5.82 Å². The van der Waals surface area contributed by atoms with Crippen LogP contribution in [0.3, 0.4) is 0 Å². The maximum atomic E-state index is 12.5. The lowest BCUT2D eigenvalue weighted by Gasteiger charge is -2.38. The molecule has 2 saturated heterocycles. The standard InChI is InChI=1S/C25H31ClN4O3S/c26-21-16-22(30-12-10-25(11-13-30)32-14-15-33-25)29-24(28-21)34-17-18-6-8-19(9-7-18)23(31)27-20-4-2-1-3-5-20/h6-9,16,20H,1-5,10-15,17H2,(H,27,31). The Morgan fingerprint density at radius 3 is 2.50 bits per heavy atom. The number of benzene rings is 1. The van der Waals surface area contributed by atoms with Gasteiger partial charge < -0.3 is 19.7 Å². The Morgan fingerprint density at radius 2 is 1.79 bits per heavy atom. The number of rotatable bonds is 6. The predicted octanol–water partition coefficient (Wildman–Crippen LogP) is 4.83. The number of carbonyl (C=O) groups excluding carboxylic acids is 1. The van der Waals surface area contributed by atoms with E-state index in [4.69, 9.17) is 26.1 Å². The molecule has 7 nitrogen and oxygen atoms in total. The number of halogens is 1. The van der Waals surface area contributed by atoms with E-state index < -0.39 is 5.79 Å². The van der Waals surface area contributed by atoms with Crippen molar-refractivity contribution < 1.29 is 14.3 Å². The number of hydrogen-bond donors (Lipinski definition) is 1. The van der Waals surface area contributed by atoms with Gasteiger partial charge in [0.2, 0.25) is 0 Å². The van der Waals surface area contributed by atoms with E-state index in [1.807, 2.05) is 30.3 Å². The SMILES string of the molecule is O=C(NC1CCCCC1)c1ccc(CSc2nc(Cl)cc(N3CCC4(CC3)OCCO4)n2)cc1. The minimum absolute atomic E-state index is 0.0191. The van der Waals surface area contributed by atoms with Crippen molar-refractivity contribution in [2.45, 2.75) is 67.7 Å². The summed E-state index contributed by atoms with van der Waals surface area (Å²) in [7, 11) is 0. The molecule has 1 saturated carbocycles. The third kappa shape index (κ3) is 5.85.